The number of aryl methyl sites for hydroxylation is 1. The fourth-order valence-electron chi connectivity index (χ4n) is 3.24. The Morgan fingerprint density at radius 1 is 1.04 bits per heavy atom. The number of hydrogen-bond acceptors (Lipinski definition) is 3. The third kappa shape index (κ3) is 3.13. The third-order valence-corrected chi connectivity index (χ3v) is 4.61. The summed E-state index contributed by atoms with van der Waals surface area (Å²) in [5.41, 5.74) is 4.69. The minimum absolute atomic E-state index is 0.0706. The maximum Gasteiger partial charge on any atom is 0.158 e. The number of rotatable bonds is 4. The van der Waals surface area contributed by atoms with Crippen molar-refractivity contribution in [2.24, 2.45) is 0 Å². The first-order valence-corrected chi connectivity index (χ1v) is 8.52. The molecular formula is C21H22N2O2. The Labute approximate surface area is 148 Å². The van der Waals surface area contributed by atoms with Gasteiger partial charge in [-0.1, -0.05) is 23.8 Å². The second kappa shape index (κ2) is 6.65. The Bertz CT molecular complexity index is 854. The van der Waals surface area contributed by atoms with E-state index in [1.807, 2.05) is 12.1 Å². The van der Waals surface area contributed by atoms with Crippen LogP contribution in [0.15, 0.2) is 67.0 Å². The normalized spacial score (nSPS) is 17.0. The highest BCUT2D eigenvalue weighted by Gasteiger charge is 2.28. The molecule has 0 spiro atoms. The van der Waals surface area contributed by atoms with Gasteiger partial charge in [-0.3, -0.25) is 0 Å². The van der Waals surface area contributed by atoms with Crippen LogP contribution in [0.5, 0.6) is 5.75 Å². The van der Waals surface area contributed by atoms with Gasteiger partial charge in [0.25, 0.3) is 0 Å². The predicted molar refractivity (Wildman–Crippen MR) is 99.5 cm³/mol. The zero-order chi connectivity index (χ0) is 17.2. The molecule has 128 valence electrons. The highest BCUT2D eigenvalue weighted by Crippen LogP contribution is 2.34. The number of aromatic nitrogens is 1. The number of hydrogen-bond donors (Lipinski definition) is 0. The Kier molecular flexibility index (Phi) is 4.20. The van der Waals surface area contributed by atoms with Crippen molar-refractivity contribution in [2.75, 3.05) is 25.2 Å². The van der Waals surface area contributed by atoms with Crippen LogP contribution in [0.1, 0.15) is 17.4 Å². The van der Waals surface area contributed by atoms with E-state index in [2.05, 4.69) is 71.2 Å². The molecule has 0 bridgehead atoms. The van der Waals surface area contributed by atoms with E-state index in [9.17, 15) is 0 Å². The summed E-state index contributed by atoms with van der Waals surface area (Å²) in [5, 5.41) is 0. The first-order valence-electron chi connectivity index (χ1n) is 8.52. The summed E-state index contributed by atoms with van der Waals surface area (Å²) >= 11 is 0. The van der Waals surface area contributed by atoms with Crippen LogP contribution in [-0.2, 0) is 4.74 Å². The summed E-state index contributed by atoms with van der Waals surface area (Å²) in [6, 6.07) is 18.8. The molecule has 1 aliphatic rings. The highest BCUT2D eigenvalue weighted by molar-refractivity contribution is 5.53. The van der Waals surface area contributed by atoms with Crippen molar-refractivity contribution >= 4 is 5.69 Å². The van der Waals surface area contributed by atoms with Crippen molar-refractivity contribution < 1.29 is 9.47 Å². The van der Waals surface area contributed by atoms with E-state index in [0.717, 1.165) is 35.8 Å². The van der Waals surface area contributed by atoms with E-state index in [4.69, 9.17) is 9.47 Å². The Morgan fingerprint density at radius 3 is 2.68 bits per heavy atom. The van der Waals surface area contributed by atoms with E-state index >= 15 is 0 Å². The van der Waals surface area contributed by atoms with Gasteiger partial charge in [-0.05, 0) is 37.3 Å². The van der Waals surface area contributed by atoms with Gasteiger partial charge in [0.05, 0.1) is 13.7 Å². The van der Waals surface area contributed by atoms with Crippen LogP contribution in [0.25, 0.3) is 5.69 Å². The van der Waals surface area contributed by atoms with Crippen LogP contribution in [0, 0.1) is 6.92 Å². The summed E-state index contributed by atoms with van der Waals surface area (Å²) in [4.78, 5) is 2.28. The first-order chi connectivity index (χ1) is 12.2. The molecule has 2 heterocycles. The summed E-state index contributed by atoms with van der Waals surface area (Å²) in [6.45, 7) is 3.69. The van der Waals surface area contributed by atoms with Crippen molar-refractivity contribution in [3.63, 3.8) is 0 Å². The van der Waals surface area contributed by atoms with Crippen LogP contribution < -0.4 is 9.64 Å². The molecule has 1 fully saturated rings. The maximum atomic E-state index is 6.02. The summed E-state index contributed by atoms with van der Waals surface area (Å²) < 4.78 is 13.5. The molecule has 4 rings (SSSR count). The monoisotopic (exact) mass is 334 g/mol. The zero-order valence-corrected chi connectivity index (χ0v) is 14.6. The fourth-order valence-corrected chi connectivity index (χ4v) is 3.24. The van der Waals surface area contributed by atoms with E-state index < -0.39 is 0 Å². The largest absolute Gasteiger partial charge is 0.497 e. The lowest BCUT2D eigenvalue weighted by Crippen LogP contribution is -2.22. The van der Waals surface area contributed by atoms with Crippen LogP contribution in [0.2, 0.25) is 0 Å². The van der Waals surface area contributed by atoms with Crippen molar-refractivity contribution in [1.29, 1.82) is 0 Å². The lowest BCUT2D eigenvalue weighted by Gasteiger charge is -2.25. The molecule has 0 radical (unpaired) electrons. The lowest BCUT2D eigenvalue weighted by molar-refractivity contribution is 0.114. The minimum atomic E-state index is -0.0706. The number of benzene rings is 2. The average molecular weight is 334 g/mol. The van der Waals surface area contributed by atoms with Crippen LogP contribution in [-0.4, -0.2) is 24.8 Å². The molecule has 25 heavy (non-hydrogen) atoms. The SMILES string of the molecule is COc1cccc(N2CCO[C@@H]2c2ccn(-c3ccc(C)cc3)c2)c1. The fraction of sp³-hybridized carbons (Fsp3) is 0.238. The molecule has 4 heteroatoms. The van der Waals surface area contributed by atoms with Gasteiger partial charge in [0.2, 0.25) is 0 Å². The van der Waals surface area contributed by atoms with Crippen molar-refractivity contribution in [2.45, 2.75) is 13.2 Å². The van der Waals surface area contributed by atoms with E-state index in [1.54, 1.807) is 7.11 Å². The van der Waals surface area contributed by atoms with E-state index in [-0.39, 0.29) is 6.23 Å². The van der Waals surface area contributed by atoms with Crippen molar-refractivity contribution in [3.8, 4) is 11.4 Å². The van der Waals surface area contributed by atoms with Gasteiger partial charge in [-0.15, -0.1) is 0 Å². The first kappa shape index (κ1) is 15.8. The Morgan fingerprint density at radius 2 is 1.88 bits per heavy atom. The molecule has 0 unspecified atom stereocenters. The molecule has 4 nitrogen and oxygen atoms in total. The summed E-state index contributed by atoms with van der Waals surface area (Å²) in [7, 11) is 1.69. The number of methoxy groups -OCH3 is 1. The highest BCUT2D eigenvalue weighted by atomic mass is 16.5. The summed E-state index contributed by atoms with van der Waals surface area (Å²) in [6.07, 6.45) is 4.16. The lowest BCUT2D eigenvalue weighted by atomic mass is 10.2. The molecule has 0 amide bonds. The average Bonchev–Trinajstić information content (AvgIpc) is 3.31. The molecule has 1 aliphatic heterocycles. The molecule has 0 saturated carbocycles. The molecule has 1 saturated heterocycles. The molecule has 3 aromatic rings. The standard InChI is InChI=1S/C21H22N2O2/c1-16-6-8-18(9-7-16)22-11-10-17(15-22)21-23(12-13-25-21)19-4-3-5-20(14-19)24-2/h3-11,14-15,21H,12-13H2,1-2H3/t21-/m1/s1. The molecule has 2 aromatic carbocycles. The molecule has 0 N–H and O–H groups in total. The second-order valence-corrected chi connectivity index (χ2v) is 6.31. The number of ether oxygens (including phenoxy) is 2. The molecule has 1 atom stereocenters. The van der Waals surface area contributed by atoms with Gasteiger partial charge in [-0.25, -0.2) is 0 Å². The van der Waals surface area contributed by atoms with Crippen molar-refractivity contribution in [1.82, 2.24) is 4.57 Å². The van der Waals surface area contributed by atoms with Gasteiger partial charge < -0.3 is 18.9 Å². The second-order valence-electron chi connectivity index (χ2n) is 6.31. The Balaban J connectivity index is 1.61. The van der Waals surface area contributed by atoms with Gasteiger partial charge in [0, 0.05) is 41.9 Å². The van der Waals surface area contributed by atoms with Crippen molar-refractivity contribution in [3.05, 3.63) is 78.1 Å². The minimum Gasteiger partial charge on any atom is -0.497 e. The van der Waals surface area contributed by atoms with E-state index in [1.165, 1.54) is 5.56 Å². The Hall–Kier alpha value is -2.72. The third-order valence-electron chi connectivity index (χ3n) is 4.61. The van der Waals surface area contributed by atoms with E-state index in [0.29, 0.717) is 0 Å². The quantitative estimate of drug-likeness (QED) is 0.710. The van der Waals surface area contributed by atoms with Crippen LogP contribution >= 0.6 is 0 Å². The smallest absolute Gasteiger partial charge is 0.158 e. The van der Waals surface area contributed by atoms with Gasteiger partial charge in [-0.2, -0.15) is 0 Å². The molecule has 1 aromatic heterocycles. The topological polar surface area (TPSA) is 26.6 Å². The molecule has 0 aliphatic carbocycles. The van der Waals surface area contributed by atoms with Crippen LogP contribution in [0.4, 0.5) is 5.69 Å². The van der Waals surface area contributed by atoms with Gasteiger partial charge in [0.1, 0.15) is 5.75 Å². The van der Waals surface area contributed by atoms with Gasteiger partial charge in [0.15, 0.2) is 6.23 Å². The van der Waals surface area contributed by atoms with Gasteiger partial charge >= 0.3 is 0 Å². The molecular weight excluding hydrogens is 312 g/mol. The number of anilines is 1. The number of nitrogens with zero attached hydrogens (tertiary/aromatic N) is 2. The van der Waals surface area contributed by atoms with Crippen LogP contribution in [0.3, 0.4) is 0 Å². The summed E-state index contributed by atoms with van der Waals surface area (Å²) in [5.74, 6) is 0.861. The maximum absolute atomic E-state index is 6.02. The predicted octanol–water partition coefficient (Wildman–Crippen LogP) is 4.33. The zero-order valence-electron chi connectivity index (χ0n) is 14.6.